The molecule has 0 atom stereocenters. The zero-order chi connectivity index (χ0) is 11.3. The third kappa shape index (κ3) is 3.26. The zero-order valence-electron chi connectivity index (χ0n) is 8.17. The van der Waals surface area contributed by atoms with Gasteiger partial charge in [0.05, 0.1) is 0 Å². The van der Waals surface area contributed by atoms with E-state index in [0.29, 0.717) is 0 Å². The van der Waals surface area contributed by atoms with Gasteiger partial charge in [-0.15, -0.1) is 0 Å². The first kappa shape index (κ1) is 12.2. The predicted octanol–water partition coefficient (Wildman–Crippen LogP) is -0.137. The lowest BCUT2D eigenvalue weighted by atomic mass is 10.1. The van der Waals surface area contributed by atoms with E-state index >= 15 is 0 Å². The fourth-order valence-corrected chi connectivity index (χ4v) is 0.590. The van der Waals surface area contributed by atoms with Crippen LogP contribution in [0.1, 0.15) is 13.8 Å². The summed E-state index contributed by atoms with van der Waals surface area (Å²) < 4.78 is 0. The Labute approximate surface area is 81.0 Å². The summed E-state index contributed by atoms with van der Waals surface area (Å²) in [4.78, 5) is 32.3. The van der Waals surface area contributed by atoms with Gasteiger partial charge in [-0.25, -0.2) is 9.59 Å². The summed E-state index contributed by atoms with van der Waals surface area (Å²) >= 11 is 0. The molecule has 3 N–H and O–H groups in total. The first-order valence-electron chi connectivity index (χ1n) is 3.84. The van der Waals surface area contributed by atoms with Gasteiger partial charge in [0.1, 0.15) is 0 Å². The highest BCUT2D eigenvalue weighted by molar-refractivity contribution is 6.07. The van der Waals surface area contributed by atoms with Crippen molar-refractivity contribution >= 4 is 17.9 Å². The second-order valence-electron chi connectivity index (χ2n) is 2.59. The molecule has 0 saturated heterocycles. The quantitative estimate of drug-likeness (QED) is 0.541. The molecule has 6 nitrogen and oxygen atoms in total. The van der Waals surface area contributed by atoms with E-state index in [1.165, 1.54) is 20.9 Å². The maximum Gasteiger partial charge on any atom is 0.331 e. The minimum absolute atomic E-state index is 0.00102. The molecule has 14 heavy (non-hydrogen) atoms. The molecule has 78 valence electrons. The van der Waals surface area contributed by atoms with Crippen LogP contribution < -0.4 is 10.6 Å². The van der Waals surface area contributed by atoms with Crippen LogP contribution in [0, 0.1) is 0 Å². The molecule has 0 spiro atoms. The van der Waals surface area contributed by atoms with E-state index in [-0.39, 0.29) is 11.1 Å². The number of carbonyl (C=O) groups excluding carboxylic acids is 2. The number of carboxylic acid groups (broad SMARTS) is 1. The van der Waals surface area contributed by atoms with Gasteiger partial charge in [-0.2, -0.15) is 0 Å². The molecule has 0 aliphatic carbocycles. The Bertz CT molecular complexity index is 306. The standard InChI is InChI=1S/C8H12N2O4/c1-4(5(2)7(12)13)6(11)10-8(14)9-3/h1-3H3,(H,12,13)(H2,9,10,11,14)/b5-4+. The molecule has 0 aliphatic heterocycles. The molecule has 6 heteroatoms. The second kappa shape index (κ2) is 5.00. The zero-order valence-corrected chi connectivity index (χ0v) is 8.17. The molecule has 0 saturated carbocycles. The topological polar surface area (TPSA) is 95.5 Å². The van der Waals surface area contributed by atoms with Crippen LogP contribution in [0.3, 0.4) is 0 Å². The molecule has 0 aromatic carbocycles. The number of hydrogen-bond donors (Lipinski definition) is 3. The van der Waals surface area contributed by atoms with Crippen molar-refractivity contribution in [3.8, 4) is 0 Å². The van der Waals surface area contributed by atoms with Crippen LogP contribution in [0.4, 0.5) is 4.79 Å². The minimum atomic E-state index is -1.19. The van der Waals surface area contributed by atoms with Gasteiger partial charge in [0.25, 0.3) is 5.91 Å². The highest BCUT2D eigenvalue weighted by atomic mass is 16.4. The van der Waals surface area contributed by atoms with Crippen molar-refractivity contribution in [1.82, 2.24) is 10.6 Å². The number of rotatable bonds is 2. The number of hydrogen-bond acceptors (Lipinski definition) is 3. The molecule has 0 aromatic heterocycles. The van der Waals surface area contributed by atoms with Gasteiger partial charge in [-0.3, -0.25) is 10.1 Å². The smallest absolute Gasteiger partial charge is 0.331 e. The Morgan fingerprint density at radius 3 is 1.93 bits per heavy atom. The minimum Gasteiger partial charge on any atom is -0.478 e. The number of urea groups is 1. The Balaban J connectivity index is 4.63. The second-order valence-corrected chi connectivity index (χ2v) is 2.59. The van der Waals surface area contributed by atoms with Gasteiger partial charge in [0.2, 0.25) is 0 Å². The van der Waals surface area contributed by atoms with Gasteiger partial charge >= 0.3 is 12.0 Å². The maximum atomic E-state index is 11.2. The van der Waals surface area contributed by atoms with E-state index in [1.807, 2.05) is 5.32 Å². The number of nitrogens with one attached hydrogen (secondary N) is 2. The highest BCUT2D eigenvalue weighted by Crippen LogP contribution is 2.02. The summed E-state index contributed by atoms with van der Waals surface area (Å²) in [6.07, 6.45) is 0. The molecule has 0 fully saturated rings. The molecule has 0 aromatic rings. The fraction of sp³-hybridized carbons (Fsp3) is 0.375. The third-order valence-electron chi connectivity index (χ3n) is 1.68. The molecule has 0 aliphatic rings. The molecule has 0 unspecified atom stereocenters. The van der Waals surface area contributed by atoms with Crippen LogP contribution in [0.25, 0.3) is 0 Å². The predicted molar refractivity (Wildman–Crippen MR) is 48.6 cm³/mol. The largest absolute Gasteiger partial charge is 0.478 e. The Morgan fingerprint density at radius 2 is 1.57 bits per heavy atom. The van der Waals surface area contributed by atoms with E-state index in [9.17, 15) is 14.4 Å². The van der Waals surface area contributed by atoms with E-state index in [1.54, 1.807) is 0 Å². The van der Waals surface area contributed by atoms with Crippen molar-refractivity contribution < 1.29 is 19.5 Å². The van der Waals surface area contributed by atoms with Crippen molar-refractivity contribution in [2.45, 2.75) is 13.8 Å². The molecular formula is C8H12N2O4. The lowest BCUT2D eigenvalue weighted by Crippen LogP contribution is -2.38. The van der Waals surface area contributed by atoms with Gasteiger partial charge in [-0.05, 0) is 13.8 Å². The van der Waals surface area contributed by atoms with Gasteiger partial charge < -0.3 is 10.4 Å². The van der Waals surface area contributed by atoms with Gasteiger partial charge in [0, 0.05) is 18.2 Å². The average Bonchev–Trinajstić information content (AvgIpc) is 2.14. The number of carboxylic acids is 1. The maximum absolute atomic E-state index is 11.2. The van der Waals surface area contributed by atoms with E-state index in [2.05, 4.69) is 5.32 Å². The average molecular weight is 200 g/mol. The molecule has 0 radical (unpaired) electrons. The number of carbonyl (C=O) groups is 3. The van der Waals surface area contributed by atoms with E-state index < -0.39 is 17.9 Å². The van der Waals surface area contributed by atoms with Crippen LogP contribution in [-0.2, 0) is 9.59 Å². The van der Waals surface area contributed by atoms with Crippen LogP contribution >= 0.6 is 0 Å². The highest BCUT2D eigenvalue weighted by Gasteiger charge is 2.13. The van der Waals surface area contributed by atoms with E-state index in [0.717, 1.165) is 0 Å². The summed E-state index contributed by atoms with van der Waals surface area (Å²) in [7, 11) is 1.35. The summed E-state index contributed by atoms with van der Waals surface area (Å²) in [6.45, 7) is 2.63. The first-order chi connectivity index (χ1) is 6.40. The first-order valence-corrected chi connectivity index (χ1v) is 3.84. The van der Waals surface area contributed by atoms with Crippen molar-refractivity contribution in [1.29, 1.82) is 0 Å². The molecule has 0 rings (SSSR count). The lowest BCUT2D eigenvalue weighted by molar-refractivity contribution is -0.133. The molecule has 0 heterocycles. The summed E-state index contributed by atoms with van der Waals surface area (Å²) in [5.41, 5.74) is -0.0903. The number of amides is 3. The summed E-state index contributed by atoms with van der Waals surface area (Å²) in [5.74, 6) is -1.90. The summed E-state index contributed by atoms with van der Waals surface area (Å²) in [5, 5.41) is 12.7. The SMILES string of the molecule is CNC(=O)NC(=O)/C(C)=C(\C)C(=O)O. The number of imide groups is 1. The fourth-order valence-electron chi connectivity index (χ4n) is 0.590. The van der Waals surface area contributed by atoms with Crippen LogP contribution in [-0.4, -0.2) is 30.1 Å². The summed E-state index contributed by atoms with van der Waals surface area (Å²) in [6, 6.07) is -0.674. The van der Waals surface area contributed by atoms with Crippen LogP contribution in [0.2, 0.25) is 0 Å². The lowest BCUT2D eigenvalue weighted by Gasteiger charge is -2.04. The van der Waals surface area contributed by atoms with Crippen molar-refractivity contribution in [3.63, 3.8) is 0 Å². The molecular weight excluding hydrogens is 188 g/mol. The Hall–Kier alpha value is -1.85. The third-order valence-corrected chi connectivity index (χ3v) is 1.68. The molecule has 3 amide bonds. The Kier molecular flexibility index (Phi) is 4.34. The van der Waals surface area contributed by atoms with Gasteiger partial charge in [-0.1, -0.05) is 0 Å². The van der Waals surface area contributed by atoms with Crippen molar-refractivity contribution in [3.05, 3.63) is 11.1 Å². The van der Waals surface area contributed by atoms with Crippen LogP contribution in [0.15, 0.2) is 11.1 Å². The Morgan fingerprint density at radius 1 is 1.07 bits per heavy atom. The van der Waals surface area contributed by atoms with E-state index in [4.69, 9.17) is 5.11 Å². The number of aliphatic carboxylic acids is 1. The van der Waals surface area contributed by atoms with Crippen LogP contribution in [0.5, 0.6) is 0 Å². The van der Waals surface area contributed by atoms with Crippen molar-refractivity contribution in [2.75, 3.05) is 7.05 Å². The normalized spacial score (nSPS) is 11.4. The molecule has 0 bridgehead atoms. The van der Waals surface area contributed by atoms with Crippen molar-refractivity contribution in [2.24, 2.45) is 0 Å². The van der Waals surface area contributed by atoms with Gasteiger partial charge in [0.15, 0.2) is 0 Å². The monoisotopic (exact) mass is 200 g/mol.